The van der Waals surface area contributed by atoms with Crippen LogP contribution in [-0.2, 0) is 16.0 Å². The molecule has 8 heteroatoms. The Kier molecular flexibility index (Phi) is 7.08. The summed E-state index contributed by atoms with van der Waals surface area (Å²) in [5, 5.41) is 2.59. The molecule has 0 radical (unpaired) electrons. The molecular formula is C18H18F2N2O3S. The maximum Gasteiger partial charge on any atom is 0.341 e. The molecule has 2 rings (SSSR count). The van der Waals surface area contributed by atoms with Gasteiger partial charge in [-0.3, -0.25) is 4.79 Å². The number of para-hydroxylation sites is 1. The van der Waals surface area contributed by atoms with Gasteiger partial charge in [-0.2, -0.15) is 8.78 Å². The summed E-state index contributed by atoms with van der Waals surface area (Å²) >= 11 is 0.151. The van der Waals surface area contributed by atoms with E-state index in [-0.39, 0.29) is 22.4 Å². The lowest BCUT2D eigenvalue weighted by Crippen LogP contribution is -2.22. The number of alkyl halides is 2. The summed E-state index contributed by atoms with van der Waals surface area (Å²) in [6, 6.07) is 8.43. The van der Waals surface area contributed by atoms with Crippen LogP contribution in [0.4, 0.5) is 14.5 Å². The first-order valence-electron chi connectivity index (χ1n) is 7.87. The zero-order chi connectivity index (χ0) is 19.1. The van der Waals surface area contributed by atoms with Gasteiger partial charge in [-0.05, 0) is 48.4 Å². The summed E-state index contributed by atoms with van der Waals surface area (Å²) in [5.41, 5.74) is 2.45. The molecule has 5 nitrogen and oxygen atoms in total. The molecule has 2 aromatic rings. The highest BCUT2D eigenvalue weighted by Gasteiger charge is 2.19. The number of halogens is 2. The number of thioether (sulfide) groups is 1. The minimum atomic E-state index is -2.71. The predicted octanol–water partition coefficient (Wildman–Crippen LogP) is 4.06. The molecular weight excluding hydrogens is 362 g/mol. The van der Waals surface area contributed by atoms with E-state index in [1.54, 1.807) is 0 Å². The van der Waals surface area contributed by atoms with Gasteiger partial charge in [-0.15, -0.1) is 0 Å². The molecule has 0 bridgehead atoms. The summed E-state index contributed by atoms with van der Waals surface area (Å²) < 4.78 is 30.0. The molecule has 1 heterocycles. The number of nitrogens with one attached hydrogen (secondary N) is 1. The topological polar surface area (TPSA) is 68.3 Å². The third-order valence-electron chi connectivity index (χ3n) is 3.53. The zero-order valence-electron chi connectivity index (χ0n) is 14.3. The second-order valence-electron chi connectivity index (χ2n) is 5.32. The van der Waals surface area contributed by atoms with Crippen LogP contribution in [0.1, 0.15) is 28.4 Å². The van der Waals surface area contributed by atoms with E-state index in [9.17, 15) is 18.4 Å². The Morgan fingerprint density at radius 1 is 1.27 bits per heavy atom. The molecule has 26 heavy (non-hydrogen) atoms. The molecule has 0 unspecified atom stereocenters. The fourth-order valence-electron chi connectivity index (χ4n) is 2.31. The third kappa shape index (κ3) is 5.26. The fraction of sp³-hybridized carbons (Fsp3) is 0.278. The van der Waals surface area contributed by atoms with Crippen molar-refractivity contribution in [1.29, 1.82) is 0 Å². The number of aromatic nitrogens is 1. The highest BCUT2D eigenvalue weighted by Crippen LogP contribution is 2.26. The van der Waals surface area contributed by atoms with Crippen molar-refractivity contribution >= 4 is 29.3 Å². The Bertz CT molecular complexity index is 800. The van der Waals surface area contributed by atoms with Gasteiger partial charge in [0, 0.05) is 11.9 Å². The first kappa shape index (κ1) is 19.8. The number of carbonyl (C=O) groups is 2. The second kappa shape index (κ2) is 9.28. The van der Waals surface area contributed by atoms with E-state index in [0.717, 1.165) is 17.5 Å². The Morgan fingerprint density at radius 2 is 2.04 bits per heavy atom. The van der Waals surface area contributed by atoms with Gasteiger partial charge in [0.05, 0.1) is 5.56 Å². The SMILES string of the molecule is CCc1cccc(C)c1NC(=O)COC(=O)c1cccnc1SC(F)F. The lowest BCUT2D eigenvalue weighted by atomic mass is 10.1. The van der Waals surface area contributed by atoms with Gasteiger partial charge < -0.3 is 10.1 Å². The smallest absolute Gasteiger partial charge is 0.341 e. The number of hydrogen-bond acceptors (Lipinski definition) is 5. The number of carbonyl (C=O) groups excluding carboxylic acids is 2. The van der Waals surface area contributed by atoms with Gasteiger partial charge in [0.15, 0.2) is 6.61 Å². The Hall–Kier alpha value is -2.48. The van der Waals surface area contributed by atoms with Crippen molar-refractivity contribution in [3.05, 3.63) is 53.2 Å². The summed E-state index contributed by atoms with van der Waals surface area (Å²) in [7, 11) is 0. The van der Waals surface area contributed by atoms with Crippen LogP contribution >= 0.6 is 11.8 Å². The number of rotatable bonds is 7. The average Bonchev–Trinajstić information content (AvgIpc) is 2.61. The van der Waals surface area contributed by atoms with Crippen LogP contribution in [0.25, 0.3) is 0 Å². The van der Waals surface area contributed by atoms with Crippen LogP contribution in [0, 0.1) is 6.92 Å². The van der Waals surface area contributed by atoms with Crippen LogP contribution in [0.15, 0.2) is 41.6 Å². The van der Waals surface area contributed by atoms with Crippen molar-refractivity contribution in [2.45, 2.75) is 31.1 Å². The predicted molar refractivity (Wildman–Crippen MR) is 95.6 cm³/mol. The first-order valence-corrected chi connectivity index (χ1v) is 8.75. The van der Waals surface area contributed by atoms with E-state index in [1.165, 1.54) is 18.3 Å². The minimum Gasteiger partial charge on any atom is -0.452 e. The number of pyridine rings is 1. The molecule has 0 saturated heterocycles. The van der Waals surface area contributed by atoms with Gasteiger partial charge in [0.2, 0.25) is 0 Å². The standard InChI is InChI=1S/C18H18F2N2O3S/c1-3-12-7-4-6-11(2)15(12)22-14(23)10-25-17(24)13-8-5-9-21-16(13)26-18(19)20/h4-9,18H,3,10H2,1-2H3,(H,22,23). The molecule has 138 valence electrons. The number of aryl methyl sites for hydroxylation is 2. The lowest BCUT2D eigenvalue weighted by molar-refractivity contribution is -0.119. The molecule has 0 aliphatic heterocycles. The van der Waals surface area contributed by atoms with Crippen LogP contribution in [0.2, 0.25) is 0 Å². The first-order chi connectivity index (χ1) is 12.4. The minimum absolute atomic E-state index is 0.101. The summed E-state index contributed by atoms with van der Waals surface area (Å²) in [4.78, 5) is 27.9. The van der Waals surface area contributed by atoms with E-state index >= 15 is 0 Å². The number of anilines is 1. The summed E-state index contributed by atoms with van der Waals surface area (Å²) in [6.45, 7) is 3.31. The van der Waals surface area contributed by atoms with E-state index in [4.69, 9.17) is 4.74 Å². The van der Waals surface area contributed by atoms with Crippen molar-refractivity contribution in [2.75, 3.05) is 11.9 Å². The van der Waals surface area contributed by atoms with Gasteiger partial charge in [-0.1, -0.05) is 25.1 Å². The molecule has 1 N–H and O–H groups in total. The highest BCUT2D eigenvalue weighted by atomic mass is 32.2. The molecule has 0 fully saturated rings. The van der Waals surface area contributed by atoms with Gasteiger partial charge >= 0.3 is 5.97 Å². The number of hydrogen-bond donors (Lipinski definition) is 1. The van der Waals surface area contributed by atoms with Crippen molar-refractivity contribution in [2.24, 2.45) is 0 Å². The van der Waals surface area contributed by atoms with E-state index < -0.39 is 24.2 Å². The third-order valence-corrected chi connectivity index (χ3v) is 4.26. The van der Waals surface area contributed by atoms with Crippen molar-refractivity contribution in [1.82, 2.24) is 4.98 Å². The zero-order valence-corrected chi connectivity index (χ0v) is 15.1. The molecule has 1 amide bonds. The van der Waals surface area contributed by atoms with Crippen molar-refractivity contribution in [3.8, 4) is 0 Å². The Labute approximate surface area is 154 Å². The molecule has 0 atom stereocenters. The van der Waals surface area contributed by atoms with Gasteiger partial charge in [0.25, 0.3) is 11.7 Å². The molecule has 0 aliphatic rings. The average molecular weight is 380 g/mol. The van der Waals surface area contributed by atoms with Crippen molar-refractivity contribution in [3.63, 3.8) is 0 Å². The summed E-state index contributed by atoms with van der Waals surface area (Å²) in [6.07, 6.45) is 2.04. The van der Waals surface area contributed by atoms with Crippen LogP contribution in [0.3, 0.4) is 0 Å². The number of benzene rings is 1. The van der Waals surface area contributed by atoms with E-state index in [0.29, 0.717) is 5.69 Å². The highest BCUT2D eigenvalue weighted by molar-refractivity contribution is 7.99. The number of ether oxygens (including phenoxy) is 1. The maximum atomic E-state index is 12.5. The Morgan fingerprint density at radius 3 is 2.73 bits per heavy atom. The van der Waals surface area contributed by atoms with Crippen LogP contribution < -0.4 is 5.32 Å². The van der Waals surface area contributed by atoms with Gasteiger partial charge in [-0.25, -0.2) is 9.78 Å². The van der Waals surface area contributed by atoms with Crippen LogP contribution in [0.5, 0.6) is 0 Å². The summed E-state index contributed by atoms with van der Waals surface area (Å²) in [5.74, 6) is -4.10. The monoisotopic (exact) mass is 380 g/mol. The second-order valence-corrected chi connectivity index (χ2v) is 6.30. The lowest BCUT2D eigenvalue weighted by Gasteiger charge is -2.13. The fourth-order valence-corrected chi connectivity index (χ4v) is 2.88. The number of esters is 1. The normalized spacial score (nSPS) is 10.7. The molecule has 1 aromatic carbocycles. The molecule has 0 saturated carbocycles. The number of nitrogens with zero attached hydrogens (tertiary/aromatic N) is 1. The van der Waals surface area contributed by atoms with E-state index in [1.807, 2.05) is 32.0 Å². The Balaban J connectivity index is 2.01. The molecule has 0 spiro atoms. The van der Waals surface area contributed by atoms with Gasteiger partial charge in [0.1, 0.15) is 5.03 Å². The quantitative estimate of drug-likeness (QED) is 0.579. The molecule has 1 aromatic heterocycles. The number of amides is 1. The largest absolute Gasteiger partial charge is 0.452 e. The van der Waals surface area contributed by atoms with Crippen LogP contribution in [-0.4, -0.2) is 29.2 Å². The van der Waals surface area contributed by atoms with Crippen molar-refractivity contribution < 1.29 is 23.1 Å². The van der Waals surface area contributed by atoms with E-state index in [2.05, 4.69) is 10.3 Å². The molecule has 0 aliphatic carbocycles. The maximum absolute atomic E-state index is 12.5.